The van der Waals surface area contributed by atoms with E-state index in [2.05, 4.69) is 0 Å². The molecule has 0 radical (unpaired) electrons. The molecule has 0 aliphatic carbocycles. The van der Waals surface area contributed by atoms with E-state index in [1.54, 1.807) is 42.5 Å². The van der Waals surface area contributed by atoms with Gasteiger partial charge in [-0.3, -0.25) is 14.5 Å². The monoisotopic (exact) mass is 471 g/mol. The van der Waals surface area contributed by atoms with E-state index < -0.39 is 17.7 Å². The number of aliphatic hydroxyl groups excluding tert-OH is 1. The SMILES string of the molecule is CCOc1ccc(C2/C(=C(\O)c3cc(C)ccc3C)C(=O)C(=O)N2c2ccc3c(c2)OCO3)cc1. The second-order valence-corrected chi connectivity index (χ2v) is 8.53. The fourth-order valence-electron chi connectivity index (χ4n) is 4.50. The third kappa shape index (κ3) is 3.89. The molecule has 1 fully saturated rings. The molecule has 3 aromatic carbocycles. The number of fused-ring (bicyclic) bond motifs is 1. The van der Waals surface area contributed by atoms with E-state index in [0.717, 1.165) is 11.1 Å². The minimum absolute atomic E-state index is 0.0329. The van der Waals surface area contributed by atoms with E-state index in [1.165, 1.54) is 4.90 Å². The molecule has 1 saturated heterocycles. The maximum absolute atomic E-state index is 13.4. The average Bonchev–Trinajstić information content (AvgIpc) is 3.43. The van der Waals surface area contributed by atoms with Crippen molar-refractivity contribution in [2.24, 2.45) is 0 Å². The first-order valence-electron chi connectivity index (χ1n) is 11.4. The van der Waals surface area contributed by atoms with Gasteiger partial charge in [0.25, 0.3) is 11.7 Å². The van der Waals surface area contributed by atoms with Crippen LogP contribution in [0.2, 0.25) is 0 Å². The van der Waals surface area contributed by atoms with Crippen molar-refractivity contribution in [1.82, 2.24) is 0 Å². The molecule has 2 heterocycles. The van der Waals surface area contributed by atoms with E-state index in [-0.39, 0.29) is 18.1 Å². The molecule has 2 aliphatic heterocycles. The highest BCUT2D eigenvalue weighted by molar-refractivity contribution is 6.51. The van der Waals surface area contributed by atoms with Gasteiger partial charge in [0.1, 0.15) is 11.5 Å². The van der Waals surface area contributed by atoms with E-state index in [1.807, 2.05) is 39.0 Å². The summed E-state index contributed by atoms with van der Waals surface area (Å²) in [5.41, 5.74) is 3.41. The number of ketones is 1. The fraction of sp³-hybridized carbons (Fsp3) is 0.214. The lowest BCUT2D eigenvalue weighted by atomic mass is 9.93. The molecule has 0 saturated carbocycles. The number of aliphatic hydroxyl groups is 1. The summed E-state index contributed by atoms with van der Waals surface area (Å²) in [5, 5.41) is 11.4. The van der Waals surface area contributed by atoms with Gasteiger partial charge in [-0.2, -0.15) is 0 Å². The lowest BCUT2D eigenvalue weighted by Gasteiger charge is -2.26. The van der Waals surface area contributed by atoms with Gasteiger partial charge in [-0.25, -0.2) is 0 Å². The number of hydrogen-bond donors (Lipinski definition) is 1. The van der Waals surface area contributed by atoms with E-state index >= 15 is 0 Å². The summed E-state index contributed by atoms with van der Waals surface area (Å²) in [6, 6.07) is 17.1. The van der Waals surface area contributed by atoms with Crippen LogP contribution < -0.4 is 19.1 Å². The summed E-state index contributed by atoms with van der Waals surface area (Å²) < 4.78 is 16.5. The lowest BCUT2D eigenvalue weighted by molar-refractivity contribution is -0.132. The number of ether oxygens (including phenoxy) is 3. The van der Waals surface area contributed by atoms with E-state index in [9.17, 15) is 14.7 Å². The molecular formula is C28H25NO6. The number of rotatable bonds is 5. The maximum Gasteiger partial charge on any atom is 0.300 e. The molecule has 0 spiro atoms. The molecule has 3 aromatic rings. The average molecular weight is 472 g/mol. The van der Waals surface area contributed by atoms with Crippen LogP contribution in [0.3, 0.4) is 0 Å². The summed E-state index contributed by atoms with van der Waals surface area (Å²) >= 11 is 0. The molecule has 0 aromatic heterocycles. The van der Waals surface area contributed by atoms with Gasteiger partial charge in [0.05, 0.1) is 18.2 Å². The molecule has 5 rings (SSSR count). The van der Waals surface area contributed by atoms with Crippen LogP contribution in [0.15, 0.2) is 66.2 Å². The van der Waals surface area contributed by atoms with Crippen LogP contribution in [-0.4, -0.2) is 30.2 Å². The molecule has 2 aliphatic rings. The number of Topliss-reactive ketones (excluding diaryl/α,β-unsaturated/α-hetero) is 1. The zero-order valence-electron chi connectivity index (χ0n) is 19.7. The third-order valence-electron chi connectivity index (χ3n) is 6.23. The van der Waals surface area contributed by atoms with Gasteiger partial charge < -0.3 is 19.3 Å². The lowest BCUT2D eigenvalue weighted by Crippen LogP contribution is -2.29. The van der Waals surface area contributed by atoms with Crippen molar-refractivity contribution < 1.29 is 28.9 Å². The highest BCUT2D eigenvalue weighted by atomic mass is 16.7. The molecular weight excluding hydrogens is 446 g/mol. The minimum atomic E-state index is -0.842. The van der Waals surface area contributed by atoms with Gasteiger partial charge in [-0.05, 0) is 62.2 Å². The van der Waals surface area contributed by atoms with Crippen molar-refractivity contribution in [1.29, 1.82) is 0 Å². The number of carbonyl (C=O) groups excluding carboxylic acids is 2. The fourth-order valence-corrected chi connectivity index (χ4v) is 4.50. The normalized spacial score (nSPS) is 18.3. The van der Waals surface area contributed by atoms with Crippen LogP contribution in [0.5, 0.6) is 17.2 Å². The zero-order valence-corrected chi connectivity index (χ0v) is 19.7. The van der Waals surface area contributed by atoms with Crippen LogP contribution in [-0.2, 0) is 9.59 Å². The number of amides is 1. The molecule has 1 N–H and O–H groups in total. The topological polar surface area (TPSA) is 85.3 Å². The number of hydrogen-bond acceptors (Lipinski definition) is 6. The van der Waals surface area contributed by atoms with Gasteiger partial charge in [-0.1, -0.05) is 29.8 Å². The van der Waals surface area contributed by atoms with E-state index in [0.29, 0.717) is 40.7 Å². The Labute approximate surface area is 203 Å². The van der Waals surface area contributed by atoms with Gasteiger partial charge in [0.2, 0.25) is 6.79 Å². The molecule has 1 unspecified atom stereocenters. The first-order valence-corrected chi connectivity index (χ1v) is 11.4. The Morgan fingerprint density at radius 1 is 1.00 bits per heavy atom. The second kappa shape index (κ2) is 8.83. The standard InChI is InChI=1S/C28H25NO6/c1-4-33-20-10-7-18(8-11-20)25-24(26(30)21-13-16(2)5-6-17(21)3)27(31)28(32)29(25)19-9-12-22-23(14-19)35-15-34-22/h5-14,25,30H,4,15H2,1-3H3/b26-24+. The molecule has 0 bridgehead atoms. The van der Waals surface area contributed by atoms with Crippen LogP contribution in [0, 0.1) is 13.8 Å². The van der Waals surface area contributed by atoms with Crippen molar-refractivity contribution in [3.05, 3.63) is 88.5 Å². The van der Waals surface area contributed by atoms with Gasteiger partial charge in [-0.15, -0.1) is 0 Å². The number of carbonyl (C=O) groups is 2. The quantitative estimate of drug-likeness (QED) is 0.318. The van der Waals surface area contributed by atoms with Crippen LogP contribution in [0.25, 0.3) is 5.76 Å². The molecule has 1 atom stereocenters. The molecule has 178 valence electrons. The van der Waals surface area contributed by atoms with Crippen molar-refractivity contribution in [3.8, 4) is 17.2 Å². The third-order valence-corrected chi connectivity index (χ3v) is 6.23. The van der Waals surface area contributed by atoms with Crippen molar-refractivity contribution in [2.75, 3.05) is 18.3 Å². The summed E-state index contributed by atoms with van der Waals surface area (Å²) in [4.78, 5) is 28.2. The Morgan fingerprint density at radius 2 is 1.74 bits per heavy atom. The van der Waals surface area contributed by atoms with Crippen LogP contribution in [0.4, 0.5) is 5.69 Å². The van der Waals surface area contributed by atoms with Gasteiger partial charge >= 0.3 is 0 Å². The molecule has 35 heavy (non-hydrogen) atoms. The Morgan fingerprint density at radius 3 is 2.49 bits per heavy atom. The Balaban J connectivity index is 1.70. The Kier molecular flexibility index (Phi) is 5.68. The summed E-state index contributed by atoms with van der Waals surface area (Å²) in [5.74, 6) is 0.0507. The summed E-state index contributed by atoms with van der Waals surface area (Å²) in [6.45, 7) is 6.26. The highest BCUT2D eigenvalue weighted by Gasteiger charge is 2.47. The number of benzene rings is 3. The molecule has 1 amide bonds. The van der Waals surface area contributed by atoms with Crippen molar-refractivity contribution in [2.45, 2.75) is 26.8 Å². The predicted octanol–water partition coefficient (Wildman–Crippen LogP) is 5.06. The Hall–Kier alpha value is -4.26. The number of aryl methyl sites for hydroxylation is 2. The largest absolute Gasteiger partial charge is 0.507 e. The van der Waals surface area contributed by atoms with Crippen LogP contribution >= 0.6 is 0 Å². The Bertz CT molecular complexity index is 1360. The maximum atomic E-state index is 13.4. The number of anilines is 1. The van der Waals surface area contributed by atoms with Crippen molar-refractivity contribution >= 4 is 23.1 Å². The van der Waals surface area contributed by atoms with E-state index in [4.69, 9.17) is 14.2 Å². The van der Waals surface area contributed by atoms with Gasteiger partial charge in [0, 0.05) is 17.3 Å². The second-order valence-electron chi connectivity index (χ2n) is 8.53. The van der Waals surface area contributed by atoms with Gasteiger partial charge in [0.15, 0.2) is 11.5 Å². The first-order chi connectivity index (χ1) is 16.9. The molecule has 7 nitrogen and oxygen atoms in total. The molecule has 7 heteroatoms. The first kappa shape index (κ1) is 22.5. The summed E-state index contributed by atoms with van der Waals surface area (Å²) in [6.07, 6.45) is 0. The smallest absolute Gasteiger partial charge is 0.300 e. The summed E-state index contributed by atoms with van der Waals surface area (Å²) in [7, 11) is 0. The highest BCUT2D eigenvalue weighted by Crippen LogP contribution is 2.45. The minimum Gasteiger partial charge on any atom is -0.507 e. The predicted molar refractivity (Wildman–Crippen MR) is 131 cm³/mol. The van der Waals surface area contributed by atoms with Crippen LogP contribution in [0.1, 0.15) is 35.2 Å². The zero-order chi connectivity index (χ0) is 24.7. The van der Waals surface area contributed by atoms with Crippen molar-refractivity contribution in [3.63, 3.8) is 0 Å². The number of nitrogens with zero attached hydrogens (tertiary/aromatic N) is 1.